The summed E-state index contributed by atoms with van der Waals surface area (Å²) in [5.74, 6) is -3.00. The van der Waals surface area contributed by atoms with E-state index in [0.29, 0.717) is 36.4 Å². The van der Waals surface area contributed by atoms with E-state index >= 15 is 0 Å². The third kappa shape index (κ3) is 4.17. The predicted octanol–water partition coefficient (Wildman–Crippen LogP) is 3.82. The second-order valence-electron chi connectivity index (χ2n) is 10.5. The molecule has 3 heterocycles. The number of aliphatic hydroxyl groups excluding tert-OH is 1. The fourth-order valence-electron chi connectivity index (χ4n) is 6.72. The molecule has 0 aliphatic carbocycles. The molecule has 3 aliphatic rings. The van der Waals surface area contributed by atoms with Crippen molar-refractivity contribution < 1.29 is 29.0 Å². The standard InChI is InChI=1S/C29H37ClN2O6/c1-6-9-16-37-27(36)22-21-25(34)32(19(5)17-33)24(29(21)14-13-28(22,8-3)38-29)26(35)31(15-7-2)23-18(4)11-10-12-20(23)30/h6-7,10-12,19,21-22,24,33H,1-2,8-9,13-17H2,3-5H3/t19-,21+,22+,24?,28-,29?/m1/s1. The van der Waals surface area contributed by atoms with Crippen LogP contribution in [0, 0.1) is 18.8 Å². The summed E-state index contributed by atoms with van der Waals surface area (Å²) in [6.07, 6.45) is 5.20. The van der Waals surface area contributed by atoms with Crippen LogP contribution in [0.5, 0.6) is 0 Å². The Labute approximate surface area is 229 Å². The number of halogens is 1. The third-order valence-corrected chi connectivity index (χ3v) is 8.75. The van der Waals surface area contributed by atoms with E-state index in [1.807, 2.05) is 19.9 Å². The number of hydrogen-bond donors (Lipinski definition) is 1. The van der Waals surface area contributed by atoms with Crippen molar-refractivity contribution in [3.8, 4) is 0 Å². The zero-order chi connectivity index (χ0) is 27.8. The Morgan fingerprint density at radius 1 is 1.34 bits per heavy atom. The highest BCUT2D eigenvalue weighted by molar-refractivity contribution is 6.34. The molecule has 4 rings (SSSR count). The van der Waals surface area contributed by atoms with Crippen LogP contribution in [0.25, 0.3) is 0 Å². The molecule has 206 valence electrons. The summed E-state index contributed by atoms with van der Waals surface area (Å²) in [7, 11) is 0. The summed E-state index contributed by atoms with van der Waals surface area (Å²) in [6.45, 7) is 12.9. The zero-order valence-corrected chi connectivity index (χ0v) is 23.1. The number of ether oxygens (including phenoxy) is 2. The predicted molar refractivity (Wildman–Crippen MR) is 145 cm³/mol. The van der Waals surface area contributed by atoms with Gasteiger partial charge < -0.3 is 24.4 Å². The number of para-hydroxylation sites is 1. The lowest BCUT2D eigenvalue weighted by Crippen LogP contribution is -2.58. The van der Waals surface area contributed by atoms with Gasteiger partial charge in [0.15, 0.2) is 0 Å². The highest BCUT2D eigenvalue weighted by Gasteiger charge is 2.79. The highest BCUT2D eigenvalue weighted by Crippen LogP contribution is 2.65. The van der Waals surface area contributed by atoms with Crippen LogP contribution in [0.3, 0.4) is 0 Å². The number of amides is 2. The number of anilines is 1. The number of likely N-dealkylation sites (tertiary alicyclic amines) is 1. The number of rotatable bonds is 11. The molecule has 2 unspecified atom stereocenters. The Bertz CT molecular complexity index is 1120. The number of fused-ring (bicyclic) bond motifs is 1. The van der Waals surface area contributed by atoms with E-state index < -0.39 is 41.1 Å². The molecular formula is C29H37ClN2O6. The van der Waals surface area contributed by atoms with Crippen molar-refractivity contribution in [3.63, 3.8) is 0 Å². The van der Waals surface area contributed by atoms with Crippen molar-refractivity contribution in [2.75, 3.05) is 24.7 Å². The van der Waals surface area contributed by atoms with Crippen LogP contribution in [0.1, 0.15) is 45.1 Å². The van der Waals surface area contributed by atoms with Gasteiger partial charge in [-0.15, -0.1) is 13.2 Å². The molecule has 6 atom stereocenters. The molecule has 2 bridgehead atoms. The molecule has 0 aromatic heterocycles. The molecule has 1 spiro atoms. The van der Waals surface area contributed by atoms with Crippen LogP contribution in [0.15, 0.2) is 43.5 Å². The maximum atomic E-state index is 14.6. The summed E-state index contributed by atoms with van der Waals surface area (Å²) >= 11 is 6.58. The minimum atomic E-state index is -1.23. The Hall–Kier alpha value is -2.68. The van der Waals surface area contributed by atoms with Crippen molar-refractivity contribution in [1.29, 1.82) is 0 Å². The Kier molecular flexibility index (Phi) is 8.07. The van der Waals surface area contributed by atoms with Crippen molar-refractivity contribution in [2.45, 2.75) is 69.7 Å². The van der Waals surface area contributed by atoms with Crippen LogP contribution in [0.4, 0.5) is 5.69 Å². The fraction of sp³-hybridized carbons (Fsp3) is 0.552. The van der Waals surface area contributed by atoms with E-state index in [-0.39, 0.29) is 31.6 Å². The van der Waals surface area contributed by atoms with Crippen molar-refractivity contribution in [3.05, 3.63) is 54.1 Å². The second kappa shape index (κ2) is 10.8. The van der Waals surface area contributed by atoms with E-state index in [1.165, 1.54) is 9.80 Å². The minimum absolute atomic E-state index is 0.155. The lowest BCUT2D eigenvalue weighted by Gasteiger charge is -2.39. The molecule has 0 radical (unpaired) electrons. The second-order valence-corrected chi connectivity index (χ2v) is 10.9. The van der Waals surface area contributed by atoms with E-state index in [4.69, 9.17) is 21.1 Å². The summed E-state index contributed by atoms with van der Waals surface area (Å²) in [5, 5.41) is 10.5. The number of carbonyl (C=O) groups is 3. The number of hydrogen-bond acceptors (Lipinski definition) is 6. The molecular weight excluding hydrogens is 508 g/mol. The average molecular weight is 545 g/mol. The smallest absolute Gasteiger partial charge is 0.312 e. The van der Waals surface area contributed by atoms with Crippen molar-refractivity contribution >= 4 is 35.1 Å². The minimum Gasteiger partial charge on any atom is -0.465 e. The average Bonchev–Trinajstić information content (AvgIpc) is 3.51. The molecule has 1 N–H and O–H groups in total. The molecule has 9 heteroatoms. The largest absolute Gasteiger partial charge is 0.465 e. The maximum absolute atomic E-state index is 14.6. The number of nitrogens with zero attached hydrogens (tertiary/aromatic N) is 2. The van der Waals surface area contributed by atoms with Gasteiger partial charge in [-0.1, -0.05) is 42.8 Å². The first-order chi connectivity index (χ1) is 18.1. The van der Waals surface area contributed by atoms with E-state index in [0.717, 1.165) is 5.56 Å². The molecule has 0 saturated carbocycles. The van der Waals surface area contributed by atoms with Crippen molar-refractivity contribution in [2.24, 2.45) is 11.8 Å². The molecule has 1 aromatic carbocycles. The molecule has 38 heavy (non-hydrogen) atoms. The zero-order valence-electron chi connectivity index (χ0n) is 22.3. The summed E-state index contributed by atoms with van der Waals surface area (Å²) in [6, 6.07) is 3.64. The Balaban J connectivity index is 1.84. The lowest BCUT2D eigenvalue weighted by atomic mass is 9.65. The molecule has 3 saturated heterocycles. The van der Waals surface area contributed by atoms with Crippen LogP contribution in [-0.4, -0.2) is 70.8 Å². The maximum Gasteiger partial charge on any atom is 0.312 e. The van der Waals surface area contributed by atoms with E-state index in [2.05, 4.69) is 13.2 Å². The van der Waals surface area contributed by atoms with Crippen molar-refractivity contribution in [1.82, 2.24) is 4.90 Å². The van der Waals surface area contributed by atoms with Gasteiger partial charge in [0, 0.05) is 6.54 Å². The van der Waals surface area contributed by atoms with Gasteiger partial charge >= 0.3 is 5.97 Å². The molecule has 3 aliphatic heterocycles. The van der Waals surface area contributed by atoms with Gasteiger partial charge in [0.25, 0.3) is 5.91 Å². The third-order valence-electron chi connectivity index (χ3n) is 8.45. The number of benzene rings is 1. The monoisotopic (exact) mass is 544 g/mol. The SMILES string of the molecule is C=CCCOC(=O)[C@@H]1[C@H]2C(=O)N([C@H](C)CO)C(C(=O)N(CC=C)c3c(C)cccc3Cl)C23CC[C@@]1(CC)O3. The first kappa shape index (κ1) is 28.3. The number of esters is 1. The number of aryl methyl sites for hydroxylation is 1. The Morgan fingerprint density at radius 2 is 2.08 bits per heavy atom. The van der Waals surface area contributed by atoms with Gasteiger partial charge in [-0.2, -0.15) is 0 Å². The summed E-state index contributed by atoms with van der Waals surface area (Å²) < 4.78 is 12.3. The van der Waals surface area contributed by atoms with E-state index in [1.54, 1.807) is 31.2 Å². The van der Waals surface area contributed by atoms with Crippen LogP contribution < -0.4 is 4.90 Å². The molecule has 2 amide bonds. The van der Waals surface area contributed by atoms with Gasteiger partial charge in [0.05, 0.1) is 41.5 Å². The van der Waals surface area contributed by atoms with E-state index in [9.17, 15) is 19.5 Å². The van der Waals surface area contributed by atoms with Gasteiger partial charge in [0.1, 0.15) is 17.6 Å². The van der Waals surface area contributed by atoms with Gasteiger partial charge in [-0.25, -0.2) is 0 Å². The lowest BCUT2D eigenvalue weighted by molar-refractivity contribution is -0.161. The quantitative estimate of drug-likeness (QED) is 0.258. The van der Waals surface area contributed by atoms with Crippen LogP contribution in [0.2, 0.25) is 5.02 Å². The van der Waals surface area contributed by atoms with Gasteiger partial charge in [-0.05, 0) is 51.2 Å². The van der Waals surface area contributed by atoms with Gasteiger partial charge in [0.2, 0.25) is 5.91 Å². The first-order valence-electron chi connectivity index (χ1n) is 13.2. The normalized spacial score (nSPS) is 30.2. The Morgan fingerprint density at radius 3 is 2.68 bits per heavy atom. The topological polar surface area (TPSA) is 96.4 Å². The fourth-order valence-corrected chi connectivity index (χ4v) is 7.05. The molecule has 1 aromatic rings. The number of aliphatic hydroxyl groups is 1. The highest BCUT2D eigenvalue weighted by atomic mass is 35.5. The van der Waals surface area contributed by atoms with Crippen LogP contribution >= 0.6 is 11.6 Å². The number of carbonyl (C=O) groups excluding carboxylic acids is 3. The first-order valence-corrected chi connectivity index (χ1v) is 13.6. The summed E-state index contributed by atoms with van der Waals surface area (Å²) in [5.41, 5.74) is -0.814. The van der Waals surface area contributed by atoms with Gasteiger partial charge in [-0.3, -0.25) is 14.4 Å². The van der Waals surface area contributed by atoms with Crippen LogP contribution in [-0.2, 0) is 23.9 Å². The molecule has 3 fully saturated rings. The summed E-state index contributed by atoms with van der Waals surface area (Å²) in [4.78, 5) is 45.1. The molecule has 8 nitrogen and oxygen atoms in total.